The molecule has 0 saturated heterocycles. The number of anilines is 1. The van der Waals surface area contributed by atoms with Crippen LogP contribution in [0.3, 0.4) is 0 Å². The van der Waals surface area contributed by atoms with Gasteiger partial charge in [-0.05, 0) is 18.6 Å². The van der Waals surface area contributed by atoms with Crippen LogP contribution < -0.4 is 10.1 Å². The maximum absolute atomic E-state index is 6.13. The normalized spacial score (nSPS) is 10.2. The van der Waals surface area contributed by atoms with Crippen molar-refractivity contribution in [2.45, 2.75) is 6.92 Å². The zero-order valence-electron chi connectivity index (χ0n) is 10.5. The molecular weight excluding hydrogens is 250 g/mol. The minimum atomic E-state index is 0.611. The van der Waals surface area contributed by atoms with Gasteiger partial charge in [-0.2, -0.15) is 0 Å². The van der Waals surface area contributed by atoms with Crippen molar-refractivity contribution in [1.29, 1.82) is 0 Å². The van der Waals surface area contributed by atoms with Gasteiger partial charge in [-0.15, -0.1) is 0 Å². The van der Waals surface area contributed by atoms with Crippen molar-refractivity contribution in [3.8, 4) is 17.0 Å². The van der Waals surface area contributed by atoms with Crippen LogP contribution in [0.2, 0.25) is 5.02 Å². The SMILES string of the molecule is CNc1ncnc(-c2ccc(C)c(Cl)c2)c1OC. The number of nitrogens with one attached hydrogen (secondary N) is 1. The Labute approximate surface area is 111 Å². The van der Waals surface area contributed by atoms with Crippen molar-refractivity contribution >= 4 is 17.4 Å². The number of methoxy groups -OCH3 is 1. The maximum atomic E-state index is 6.13. The number of ether oxygens (including phenoxy) is 1. The summed E-state index contributed by atoms with van der Waals surface area (Å²) in [6, 6.07) is 5.80. The van der Waals surface area contributed by atoms with Crippen molar-refractivity contribution in [1.82, 2.24) is 9.97 Å². The topological polar surface area (TPSA) is 47.0 Å². The van der Waals surface area contributed by atoms with Crippen molar-refractivity contribution < 1.29 is 4.74 Å². The van der Waals surface area contributed by atoms with E-state index in [1.165, 1.54) is 6.33 Å². The summed E-state index contributed by atoms with van der Waals surface area (Å²) in [5, 5.41) is 3.68. The van der Waals surface area contributed by atoms with E-state index in [1.54, 1.807) is 14.2 Å². The van der Waals surface area contributed by atoms with Gasteiger partial charge in [0, 0.05) is 17.6 Å². The molecule has 0 atom stereocenters. The van der Waals surface area contributed by atoms with Gasteiger partial charge in [-0.1, -0.05) is 23.7 Å². The number of halogens is 1. The van der Waals surface area contributed by atoms with Gasteiger partial charge in [-0.3, -0.25) is 0 Å². The lowest BCUT2D eigenvalue weighted by molar-refractivity contribution is 0.415. The molecule has 0 aliphatic carbocycles. The Balaban J connectivity index is 2.59. The van der Waals surface area contributed by atoms with E-state index >= 15 is 0 Å². The molecule has 2 rings (SSSR count). The monoisotopic (exact) mass is 263 g/mol. The van der Waals surface area contributed by atoms with Crippen LogP contribution in [0.1, 0.15) is 5.56 Å². The number of hydrogen-bond acceptors (Lipinski definition) is 4. The van der Waals surface area contributed by atoms with E-state index in [0.29, 0.717) is 16.6 Å². The number of hydrogen-bond donors (Lipinski definition) is 1. The molecule has 18 heavy (non-hydrogen) atoms. The second kappa shape index (κ2) is 5.23. The molecule has 1 aromatic carbocycles. The number of aromatic nitrogens is 2. The third-order valence-electron chi connectivity index (χ3n) is 2.69. The first-order valence-electron chi connectivity index (χ1n) is 5.50. The molecule has 0 radical (unpaired) electrons. The largest absolute Gasteiger partial charge is 0.491 e. The van der Waals surface area contributed by atoms with Gasteiger partial charge in [0.25, 0.3) is 0 Å². The van der Waals surface area contributed by atoms with E-state index in [9.17, 15) is 0 Å². The van der Waals surface area contributed by atoms with Crippen molar-refractivity contribution in [2.24, 2.45) is 0 Å². The average molecular weight is 264 g/mol. The van der Waals surface area contributed by atoms with Gasteiger partial charge in [-0.25, -0.2) is 9.97 Å². The Hall–Kier alpha value is -1.81. The molecule has 0 spiro atoms. The first-order valence-corrected chi connectivity index (χ1v) is 5.88. The molecular formula is C13H14ClN3O. The van der Waals surface area contributed by atoms with E-state index in [-0.39, 0.29) is 0 Å². The molecule has 94 valence electrons. The highest BCUT2D eigenvalue weighted by atomic mass is 35.5. The first-order chi connectivity index (χ1) is 8.67. The highest BCUT2D eigenvalue weighted by Crippen LogP contribution is 2.34. The molecule has 1 heterocycles. The summed E-state index contributed by atoms with van der Waals surface area (Å²) in [6.07, 6.45) is 1.50. The Morgan fingerprint density at radius 3 is 2.67 bits per heavy atom. The fourth-order valence-electron chi connectivity index (χ4n) is 1.69. The molecule has 0 aliphatic rings. The summed E-state index contributed by atoms with van der Waals surface area (Å²) in [4.78, 5) is 8.38. The summed E-state index contributed by atoms with van der Waals surface area (Å²) in [7, 11) is 3.38. The average Bonchev–Trinajstić information content (AvgIpc) is 2.40. The molecule has 1 N–H and O–H groups in total. The standard InChI is InChI=1S/C13H14ClN3O/c1-8-4-5-9(6-10(8)14)11-12(18-3)13(15-2)17-7-16-11/h4-7H,1-3H3,(H,15,16,17). The van der Waals surface area contributed by atoms with Crippen LogP contribution in [-0.2, 0) is 0 Å². The third-order valence-corrected chi connectivity index (χ3v) is 3.10. The molecule has 4 nitrogen and oxygen atoms in total. The van der Waals surface area contributed by atoms with Crippen molar-refractivity contribution in [3.05, 3.63) is 35.1 Å². The highest BCUT2D eigenvalue weighted by Gasteiger charge is 2.13. The fraction of sp³-hybridized carbons (Fsp3) is 0.231. The van der Waals surface area contributed by atoms with Crippen molar-refractivity contribution in [3.63, 3.8) is 0 Å². The first kappa shape index (κ1) is 12.6. The Bertz CT molecular complexity index is 572. The van der Waals surface area contributed by atoms with Crippen LogP contribution in [0, 0.1) is 6.92 Å². The molecule has 1 aromatic heterocycles. The van der Waals surface area contributed by atoms with Gasteiger partial charge in [0.05, 0.1) is 7.11 Å². The van der Waals surface area contributed by atoms with Gasteiger partial charge in [0.1, 0.15) is 12.0 Å². The van der Waals surface area contributed by atoms with E-state index in [2.05, 4.69) is 15.3 Å². The minimum Gasteiger partial charge on any atom is -0.491 e. The smallest absolute Gasteiger partial charge is 0.187 e. The Kier molecular flexibility index (Phi) is 3.67. The van der Waals surface area contributed by atoms with Crippen molar-refractivity contribution in [2.75, 3.05) is 19.5 Å². The predicted molar refractivity (Wildman–Crippen MR) is 73.3 cm³/mol. The van der Waals surface area contributed by atoms with Gasteiger partial charge < -0.3 is 10.1 Å². The Morgan fingerprint density at radius 1 is 1.28 bits per heavy atom. The fourth-order valence-corrected chi connectivity index (χ4v) is 1.87. The number of rotatable bonds is 3. The Morgan fingerprint density at radius 2 is 2.06 bits per heavy atom. The number of benzene rings is 1. The molecule has 0 saturated carbocycles. The predicted octanol–water partition coefficient (Wildman–Crippen LogP) is 3.16. The molecule has 0 amide bonds. The highest BCUT2D eigenvalue weighted by molar-refractivity contribution is 6.31. The molecule has 2 aromatic rings. The molecule has 0 unspecified atom stereocenters. The third kappa shape index (κ3) is 2.24. The van der Waals surface area contributed by atoms with E-state index < -0.39 is 0 Å². The zero-order valence-corrected chi connectivity index (χ0v) is 11.2. The van der Waals surface area contributed by atoms with Crippen LogP contribution in [0.4, 0.5) is 5.82 Å². The molecule has 0 bridgehead atoms. The second-order valence-electron chi connectivity index (χ2n) is 3.82. The molecule has 0 aliphatic heterocycles. The summed E-state index contributed by atoms with van der Waals surface area (Å²) in [5.74, 6) is 1.26. The summed E-state index contributed by atoms with van der Waals surface area (Å²) in [6.45, 7) is 1.96. The zero-order chi connectivity index (χ0) is 13.1. The summed E-state index contributed by atoms with van der Waals surface area (Å²) in [5.41, 5.74) is 2.65. The lowest BCUT2D eigenvalue weighted by Crippen LogP contribution is -2.00. The molecule has 5 heteroatoms. The van der Waals surface area contributed by atoms with Crippen LogP contribution in [0.15, 0.2) is 24.5 Å². The second-order valence-corrected chi connectivity index (χ2v) is 4.23. The van der Waals surface area contributed by atoms with Gasteiger partial charge in [0.2, 0.25) is 0 Å². The van der Waals surface area contributed by atoms with Gasteiger partial charge in [0.15, 0.2) is 11.6 Å². The molecule has 0 fully saturated rings. The minimum absolute atomic E-state index is 0.611. The van der Waals surface area contributed by atoms with Crippen LogP contribution >= 0.6 is 11.6 Å². The van der Waals surface area contributed by atoms with Crippen LogP contribution in [-0.4, -0.2) is 24.1 Å². The van der Waals surface area contributed by atoms with E-state index in [0.717, 1.165) is 16.8 Å². The lowest BCUT2D eigenvalue weighted by Gasteiger charge is -2.11. The summed E-state index contributed by atoms with van der Waals surface area (Å²) < 4.78 is 5.36. The summed E-state index contributed by atoms with van der Waals surface area (Å²) >= 11 is 6.13. The quantitative estimate of drug-likeness (QED) is 0.924. The van der Waals surface area contributed by atoms with E-state index in [4.69, 9.17) is 16.3 Å². The van der Waals surface area contributed by atoms with E-state index in [1.807, 2.05) is 25.1 Å². The maximum Gasteiger partial charge on any atom is 0.187 e. The number of aryl methyl sites for hydroxylation is 1. The van der Waals surface area contributed by atoms with Gasteiger partial charge >= 0.3 is 0 Å². The van der Waals surface area contributed by atoms with Crippen LogP contribution in [0.5, 0.6) is 5.75 Å². The number of nitrogens with zero attached hydrogens (tertiary/aromatic N) is 2. The lowest BCUT2D eigenvalue weighted by atomic mass is 10.1. The van der Waals surface area contributed by atoms with Crippen LogP contribution in [0.25, 0.3) is 11.3 Å².